The Morgan fingerprint density at radius 1 is 0.333 bits per heavy atom. The molecule has 0 aliphatic heterocycles. The fourth-order valence-corrected chi connectivity index (χ4v) is 2.41. The number of benzene rings is 3. The van der Waals surface area contributed by atoms with E-state index in [2.05, 4.69) is 0 Å². The molecule has 24 heavy (non-hydrogen) atoms. The molecule has 3 aromatic carbocycles. The summed E-state index contributed by atoms with van der Waals surface area (Å²) in [5.74, 6) is -22.2. The summed E-state index contributed by atoms with van der Waals surface area (Å²) in [5, 5.41) is 12.0. The van der Waals surface area contributed by atoms with Crippen molar-refractivity contribution in [3.05, 3.63) is 46.5 Å². The molecule has 0 aromatic heterocycles. The van der Waals surface area contributed by atoms with Gasteiger partial charge in [-0.3, -0.25) is 0 Å². The quantitative estimate of drug-likeness (QED) is 0.270. The van der Waals surface area contributed by atoms with E-state index in [-0.39, 0.29) is 0 Å². The molecule has 2 N–H and O–H groups in total. The van der Waals surface area contributed by atoms with E-state index in [4.69, 9.17) is 0 Å². The number of halogens is 8. The van der Waals surface area contributed by atoms with Crippen LogP contribution in [0.15, 0.2) is 0 Å². The number of fused-ring (bicyclic) bond motifs is 3. The molecule has 0 aliphatic carbocycles. The second-order valence-corrected chi connectivity index (χ2v) is 4.71. The second kappa shape index (κ2) is 4.86. The first-order chi connectivity index (χ1) is 11.1. The van der Waals surface area contributed by atoms with Gasteiger partial charge in [-0.2, -0.15) is 4.39 Å². The van der Waals surface area contributed by atoms with Gasteiger partial charge in [0.1, 0.15) is 0 Å². The minimum absolute atomic E-state index is 1.56. The van der Waals surface area contributed by atoms with Crippen LogP contribution in [0.4, 0.5) is 35.1 Å². The fraction of sp³-hybridized carbons (Fsp3) is 0. The van der Waals surface area contributed by atoms with E-state index < -0.39 is 79.6 Å². The molecule has 0 bridgehead atoms. The van der Waals surface area contributed by atoms with Crippen LogP contribution in [0.25, 0.3) is 21.5 Å². The Kier molecular flexibility index (Phi) is 3.26. The maximum atomic E-state index is 14.0. The summed E-state index contributed by atoms with van der Waals surface area (Å²) in [6.07, 6.45) is 0. The van der Waals surface area contributed by atoms with Gasteiger partial charge in [-0.1, -0.05) is 0 Å². The summed E-state index contributed by atoms with van der Waals surface area (Å²) < 4.78 is 110. The van der Waals surface area contributed by atoms with Crippen molar-refractivity contribution < 1.29 is 45.3 Å². The zero-order valence-corrected chi connectivity index (χ0v) is 10.9. The molecule has 0 amide bonds. The van der Waals surface area contributed by atoms with E-state index in [0.29, 0.717) is 0 Å². The number of phenols is 2. The van der Waals surface area contributed by atoms with Crippen LogP contribution in [0, 0.1) is 46.5 Å². The number of rotatable bonds is 0. The average Bonchev–Trinajstić information content (AvgIpc) is 2.56. The molecule has 0 saturated carbocycles. The number of hydrogen-bond donors (Lipinski definition) is 2. The molecule has 0 atom stereocenters. The molecule has 3 aromatic rings. The van der Waals surface area contributed by atoms with Gasteiger partial charge in [0.15, 0.2) is 52.2 Å². The van der Waals surface area contributed by atoms with Gasteiger partial charge >= 0.3 is 0 Å². The molecule has 0 unspecified atom stereocenters. The highest BCUT2D eigenvalue weighted by atomic mass is 19.2. The summed E-state index contributed by atoms with van der Waals surface area (Å²) in [4.78, 5) is 0. The lowest BCUT2D eigenvalue weighted by atomic mass is 9.97. The van der Waals surface area contributed by atoms with E-state index >= 15 is 0 Å². The number of phenolic OH excluding ortho intramolecular Hbond substituents is 2. The maximum Gasteiger partial charge on any atom is 0.210 e. The van der Waals surface area contributed by atoms with Gasteiger partial charge in [-0.15, -0.1) is 0 Å². The Hall–Kier alpha value is -2.78. The molecule has 0 spiro atoms. The zero-order valence-electron chi connectivity index (χ0n) is 10.9. The Morgan fingerprint density at radius 2 is 0.708 bits per heavy atom. The first-order valence-corrected chi connectivity index (χ1v) is 5.96. The van der Waals surface area contributed by atoms with Gasteiger partial charge in [-0.05, 0) is 0 Å². The molecule has 0 saturated heterocycles. The van der Waals surface area contributed by atoms with E-state index in [9.17, 15) is 45.3 Å². The third-order valence-electron chi connectivity index (χ3n) is 3.48. The molecular weight excluding hydrogens is 352 g/mol. The van der Waals surface area contributed by atoms with Gasteiger partial charge in [0.25, 0.3) is 0 Å². The third kappa shape index (κ3) is 1.70. The van der Waals surface area contributed by atoms with Crippen LogP contribution in [-0.4, -0.2) is 10.2 Å². The van der Waals surface area contributed by atoms with Crippen molar-refractivity contribution in [2.75, 3.05) is 0 Å². The van der Waals surface area contributed by atoms with Crippen molar-refractivity contribution in [3.63, 3.8) is 0 Å². The molecule has 3 rings (SSSR count). The minimum atomic E-state index is -2.49. The predicted molar refractivity (Wildman–Crippen MR) is 64.4 cm³/mol. The van der Waals surface area contributed by atoms with E-state index in [0.717, 1.165) is 0 Å². The van der Waals surface area contributed by atoms with Crippen LogP contribution in [0.5, 0.6) is 11.5 Å². The number of aromatic hydroxyl groups is 2. The van der Waals surface area contributed by atoms with Crippen molar-refractivity contribution in [1.82, 2.24) is 0 Å². The van der Waals surface area contributed by atoms with Gasteiger partial charge in [-0.25, -0.2) is 30.7 Å². The van der Waals surface area contributed by atoms with Crippen molar-refractivity contribution in [2.24, 2.45) is 0 Å². The molecule has 0 heterocycles. The maximum absolute atomic E-state index is 14.0. The largest absolute Gasteiger partial charge is 0.504 e. The first-order valence-electron chi connectivity index (χ1n) is 5.96. The van der Waals surface area contributed by atoms with Crippen LogP contribution in [0.2, 0.25) is 0 Å². The van der Waals surface area contributed by atoms with Crippen LogP contribution in [0.3, 0.4) is 0 Å². The van der Waals surface area contributed by atoms with Crippen LogP contribution >= 0.6 is 0 Å². The van der Waals surface area contributed by atoms with Crippen molar-refractivity contribution >= 4 is 21.5 Å². The zero-order chi connectivity index (χ0) is 18.1. The van der Waals surface area contributed by atoms with E-state index in [1.54, 1.807) is 0 Å². The lowest BCUT2D eigenvalue weighted by Gasteiger charge is -2.13. The summed E-state index contributed by atoms with van der Waals surface area (Å²) in [6.45, 7) is 0. The molecule has 10 heteroatoms. The Morgan fingerprint density at radius 3 is 1.25 bits per heavy atom. The predicted octanol–water partition coefficient (Wildman–Crippen LogP) is 4.52. The minimum Gasteiger partial charge on any atom is -0.504 e. The summed E-state index contributed by atoms with van der Waals surface area (Å²) in [7, 11) is 0. The second-order valence-electron chi connectivity index (χ2n) is 4.71. The molecule has 2 nitrogen and oxygen atoms in total. The fourth-order valence-electron chi connectivity index (χ4n) is 2.41. The topological polar surface area (TPSA) is 40.5 Å². The van der Waals surface area contributed by atoms with Gasteiger partial charge < -0.3 is 10.2 Å². The highest BCUT2D eigenvalue weighted by Crippen LogP contribution is 2.45. The van der Waals surface area contributed by atoms with Gasteiger partial charge in [0, 0.05) is 10.8 Å². The lowest BCUT2D eigenvalue weighted by Crippen LogP contribution is -2.04. The van der Waals surface area contributed by atoms with Crippen LogP contribution in [0.1, 0.15) is 0 Å². The van der Waals surface area contributed by atoms with E-state index in [1.807, 2.05) is 0 Å². The van der Waals surface area contributed by atoms with Crippen molar-refractivity contribution in [2.45, 2.75) is 0 Å². The van der Waals surface area contributed by atoms with Crippen molar-refractivity contribution in [1.29, 1.82) is 0 Å². The molecule has 126 valence electrons. The standard InChI is InChI=1S/C14H2F8O2/c15-5-1-2-4(13(23)12(22)14(24)9(2)19)8(18)6(16)3(1)7(17)11(21)10(5)20/h23-24H. The van der Waals surface area contributed by atoms with Gasteiger partial charge in [0.05, 0.1) is 10.8 Å². The molecule has 0 radical (unpaired) electrons. The summed E-state index contributed by atoms with van der Waals surface area (Å²) in [5.41, 5.74) is 0. The highest BCUT2D eigenvalue weighted by molar-refractivity contribution is 6.11. The molecular formula is C14H2F8O2. The van der Waals surface area contributed by atoms with Gasteiger partial charge in [0.2, 0.25) is 5.82 Å². The smallest absolute Gasteiger partial charge is 0.210 e. The summed E-state index contributed by atoms with van der Waals surface area (Å²) in [6, 6.07) is 0. The molecule has 0 fully saturated rings. The van der Waals surface area contributed by atoms with Crippen LogP contribution in [-0.2, 0) is 0 Å². The Labute approximate surface area is 126 Å². The normalized spacial score (nSPS) is 11.7. The van der Waals surface area contributed by atoms with Crippen LogP contribution < -0.4 is 0 Å². The highest BCUT2D eigenvalue weighted by Gasteiger charge is 2.32. The Balaban J connectivity index is 2.87. The third-order valence-corrected chi connectivity index (χ3v) is 3.48. The SMILES string of the molecule is Oc1c(F)c(O)c2c(F)c(F)c3c(F)c(F)c(F)c(F)c3c2c1F. The number of hydrogen-bond acceptors (Lipinski definition) is 2. The van der Waals surface area contributed by atoms with Crippen molar-refractivity contribution in [3.8, 4) is 11.5 Å². The first kappa shape index (κ1) is 16.1. The average molecular weight is 354 g/mol. The molecule has 0 aliphatic rings. The monoisotopic (exact) mass is 354 g/mol. The lowest BCUT2D eigenvalue weighted by molar-refractivity contribution is 0.371. The van der Waals surface area contributed by atoms with E-state index in [1.165, 1.54) is 0 Å². The Bertz CT molecular complexity index is 976. The summed E-state index contributed by atoms with van der Waals surface area (Å²) >= 11 is 0.